The maximum Gasteiger partial charge on any atom is 0.276 e. The molecule has 0 spiro atoms. The third-order valence-corrected chi connectivity index (χ3v) is 2.17. The molecule has 1 aromatic heterocycles. The Morgan fingerprint density at radius 3 is 2.73 bits per heavy atom. The highest BCUT2D eigenvalue weighted by atomic mass is 16.2. The smallest absolute Gasteiger partial charge is 0.276 e. The molecular formula is C9H17N5O. The normalized spacial score (nSPS) is 10.3. The van der Waals surface area contributed by atoms with Crippen LogP contribution < -0.4 is 5.73 Å². The predicted molar refractivity (Wildman–Crippen MR) is 56.3 cm³/mol. The number of nitrogens with zero attached hydrogens (tertiary/aromatic N) is 4. The second kappa shape index (κ2) is 5.45. The number of amides is 1. The van der Waals surface area contributed by atoms with Gasteiger partial charge in [0.2, 0.25) is 0 Å². The first-order valence-corrected chi connectivity index (χ1v) is 5.12. The second-order valence-electron chi connectivity index (χ2n) is 3.13. The van der Waals surface area contributed by atoms with Gasteiger partial charge in [-0.3, -0.25) is 9.48 Å². The van der Waals surface area contributed by atoms with Gasteiger partial charge in [0.05, 0.1) is 12.7 Å². The van der Waals surface area contributed by atoms with E-state index in [0.717, 1.165) is 0 Å². The van der Waals surface area contributed by atoms with Crippen molar-refractivity contribution >= 4 is 5.91 Å². The Morgan fingerprint density at radius 2 is 2.20 bits per heavy atom. The van der Waals surface area contributed by atoms with Crippen LogP contribution in [0.1, 0.15) is 24.3 Å². The lowest BCUT2D eigenvalue weighted by molar-refractivity contribution is 0.0767. The van der Waals surface area contributed by atoms with Crippen LogP contribution in [-0.2, 0) is 6.54 Å². The molecule has 2 N–H and O–H groups in total. The molecule has 0 saturated carbocycles. The summed E-state index contributed by atoms with van der Waals surface area (Å²) < 4.78 is 1.58. The Morgan fingerprint density at radius 1 is 1.53 bits per heavy atom. The summed E-state index contributed by atoms with van der Waals surface area (Å²) in [6.07, 6.45) is 1.63. The molecule has 15 heavy (non-hydrogen) atoms. The fourth-order valence-electron chi connectivity index (χ4n) is 1.31. The minimum atomic E-state index is -0.0803. The Balaban J connectivity index is 2.73. The highest BCUT2D eigenvalue weighted by Crippen LogP contribution is 2.00. The van der Waals surface area contributed by atoms with Crippen LogP contribution in [0.2, 0.25) is 0 Å². The van der Waals surface area contributed by atoms with E-state index in [2.05, 4.69) is 10.3 Å². The molecule has 0 aliphatic rings. The van der Waals surface area contributed by atoms with Crippen molar-refractivity contribution < 1.29 is 4.79 Å². The van der Waals surface area contributed by atoms with E-state index in [-0.39, 0.29) is 5.91 Å². The Bertz CT molecular complexity index is 318. The predicted octanol–water partition coefficient (Wildman–Crippen LogP) is -0.281. The van der Waals surface area contributed by atoms with Gasteiger partial charge in [0.15, 0.2) is 5.69 Å². The molecule has 0 aromatic carbocycles. The zero-order valence-corrected chi connectivity index (χ0v) is 9.18. The van der Waals surface area contributed by atoms with E-state index >= 15 is 0 Å². The lowest BCUT2D eigenvalue weighted by Crippen LogP contribution is -2.30. The molecule has 6 nitrogen and oxygen atoms in total. The molecule has 0 bridgehead atoms. The second-order valence-corrected chi connectivity index (χ2v) is 3.13. The van der Waals surface area contributed by atoms with Crippen LogP contribution in [0.3, 0.4) is 0 Å². The standard InChI is InChI=1S/C9H17N5O/c1-3-13(4-2)9(15)8-7-14(6-5-10)12-11-8/h7H,3-6,10H2,1-2H3. The minimum absolute atomic E-state index is 0.0803. The van der Waals surface area contributed by atoms with E-state index in [1.165, 1.54) is 0 Å². The van der Waals surface area contributed by atoms with Crippen molar-refractivity contribution in [3.8, 4) is 0 Å². The largest absolute Gasteiger partial charge is 0.338 e. The van der Waals surface area contributed by atoms with Gasteiger partial charge in [-0.25, -0.2) is 0 Å². The number of nitrogens with two attached hydrogens (primary N) is 1. The molecule has 1 heterocycles. The van der Waals surface area contributed by atoms with Gasteiger partial charge < -0.3 is 10.6 Å². The minimum Gasteiger partial charge on any atom is -0.338 e. The summed E-state index contributed by atoms with van der Waals surface area (Å²) in [5.41, 5.74) is 5.76. The molecule has 6 heteroatoms. The first kappa shape index (κ1) is 11.6. The summed E-state index contributed by atoms with van der Waals surface area (Å²) >= 11 is 0. The quantitative estimate of drug-likeness (QED) is 0.726. The van der Waals surface area contributed by atoms with E-state index in [4.69, 9.17) is 5.73 Å². The molecule has 1 aromatic rings. The molecule has 1 amide bonds. The average molecular weight is 211 g/mol. The van der Waals surface area contributed by atoms with Crippen molar-refractivity contribution in [1.29, 1.82) is 0 Å². The van der Waals surface area contributed by atoms with Crippen LogP contribution in [0, 0.1) is 0 Å². The van der Waals surface area contributed by atoms with Crippen molar-refractivity contribution in [3.63, 3.8) is 0 Å². The summed E-state index contributed by atoms with van der Waals surface area (Å²) in [7, 11) is 0. The summed E-state index contributed by atoms with van der Waals surface area (Å²) in [5, 5.41) is 7.63. The van der Waals surface area contributed by atoms with Crippen LogP contribution >= 0.6 is 0 Å². The van der Waals surface area contributed by atoms with Gasteiger partial charge in [-0.2, -0.15) is 0 Å². The van der Waals surface area contributed by atoms with E-state index in [1.54, 1.807) is 15.8 Å². The highest BCUT2D eigenvalue weighted by molar-refractivity contribution is 5.91. The van der Waals surface area contributed by atoms with E-state index in [0.29, 0.717) is 31.9 Å². The molecule has 0 aliphatic carbocycles. The maximum absolute atomic E-state index is 11.8. The third-order valence-electron chi connectivity index (χ3n) is 2.17. The SMILES string of the molecule is CCN(CC)C(=O)c1cn(CCN)nn1. The van der Waals surface area contributed by atoms with Crippen molar-refractivity contribution in [2.45, 2.75) is 20.4 Å². The fourth-order valence-corrected chi connectivity index (χ4v) is 1.31. The summed E-state index contributed by atoms with van der Waals surface area (Å²) in [6, 6.07) is 0. The zero-order chi connectivity index (χ0) is 11.3. The monoisotopic (exact) mass is 211 g/mol. The van der Waals surface area contributed by atoms with Crippen molar-refractivity contribution in [2.24, 2.45) is 5.73 Å². The maximum atomic E-state index is 11.8. The molecule has 84 valence electrons. The van der Waals surface area contributed by atoms with Crippen LogP contribution in [0.4, 0.5) is 0 Å². The van der Waals surface area contributed by atoms with Gasteiger partial charge in [0.25, 0.3) is 5.91 Å². The van der Waals surface area contributed by atoms with Crippen molar-refractivity contribution in [3.05, 3.63) is 11.9 Å². The molecule has 0 saturated heterocycles. The summed E-state index contributed by atoms with van der Waals surface area (Å²) in [6.45, 7) is 6.30. The number of carbonyl (C=O) groups is 1. The molecule has 0 radical (unpaired) electrons. The number of hydrogen-bond donors (Lipinski definition) is 1. The van der Waals surface area contributed by atoms with Gasteiger partial charge in [-0.05, 0) is 13.8 Å². The zero-order valence-electron chi connectivity index (χ0n) is 9.18. The van der Waals surface area contributed by atoms with E-state index < -0.39 is 0 Å². The molecule has 1 rings (SSSR count). The Hall–Kier alpha value is -1.43. The van der Waals surface area contributed by atoms with Gasteiger partial charge in [0.1, 0.15) is 0 Å². The van der Waals surface area contributed by atoms with Gasteiger partial charge >= 0.3 is 0 Å². The Kier molecular flexibility index (Phi) is 4.23. The van der Waals surface area contributed by atoms with Crippen LogP contribution in [0.5, 0.6) is 0 Å². The number of carbonyl (C=O) groups excluding carboxylic acids is 1. The molecular weight excluding hydrogens is 194 g/mol. The highest BCUT2D eigenvalue weighted by Gasteiger charge is 2.15. The van der Waals surface area contributed by atoms with Gasteiger partial charge in [0, 0.05) is 19.6 Å². The lowest BCUT2D eigenvalue weighted by atomic mass is 10.4. The summed E-state index contributed by atoms with van der Waals surface area (Å²) in [5.74, 6) is -0.0803. The average Bonchev–Trinajstić information content (AvgIpc) is 2.68. The van der Waals surface area contributed by atoms with Crippen LogP contribution in [-0.4, -0.2) is 45.4 Å². The van der Waals surface area contributed by atoms with E-state index in [1.807, 2.05) is 13.8 Å². The third kappa shape index (κ3) is 2.76. The molecule has 0 unspecified atom stereocenters. The number of aromatic nitrogens is 3. The molecule has 0 aliphatic heterocycles. The summed E-state index contributed by atoms with van der Waals surface area (Å²) in [4.78, 5) is 13.5. The molecule has 0 atom stereocenters. The van der Waals surface area contributed by atoms with Crippen LogP contribution in [0.25, 0.3) is 0 Å². The van der Waals surface area contributed by atoms with Crippen molar-refractivity contribution in [1.82, 2.24) is 19.9 Å². The topological polar surface area (TPSA) is 77.0 Å². The fraction of sp³-hybridized carbons (Fsp3) is 0.667. The van der Waals surface area contributed by atoms with Crippen molar-refractivity contribution in [2.75, 3.05) is 19.6 Å². The number of rotatable bonds is 5. The lowest BCUT2D eigenvalue weighted by Gasteiger charge is -2.16. The number of hydrogen-bond acceptors (Lipinski definition) is 4. The van der Waals surface area contributed by atoms with E-state index in [9.17, 15) is 4.79 Å². The van der Waals surface area contributed by atoms with Gasteiger partial charge in [-0.1, -0.05) is 5.21 Å². The first-order valence-electron chi connectivity index (χ1n) is 5.12. The van der Waals surface area contributed by atoms with Crippen LogP contribution in [0.15, 0.2) is 6.20 Å². The Labute approximate surface area is 89.0 Å². The van der Waals surface area contributed by atoms with Gasteiger partial charge in [-0.15, -0.1) is 5.10 Å². The molecule has 0 fully saturated rings. The first-order chi connectivity index (χ1) is 7.22.